The van der Waals surface area contributed by atoms with Gasteiger partial charge in [0.15, 0.2) is 0 Å². The lowest BCUT2D eigenvalue weighted by atomic mass is 9.55. The summed E-state index contributed by atoms with van der Waals surface area (Å²) in [5.74, 6) is 1.17. The van der Waals surface area contributed by atoms with E-state index in [2.05, 4.69) is 20.8 Å². The van der Waals surface area contributed by atoms with E-state index < -0.39 is 5.60 Å². The Morgan fingerprint density at radius 1 is 1.22 bits per heavy atom. The van der Waals surface area contributed by atoms with Crippen molar-refractivity contribution >= 4 is 0 Å². The normalized spacial score (nSPS) is 58.3. The van der Waals surface area contributed by atoms with E-state index in [4.69, 9.17) is 4.74 Å². The van der Waals surface area contributed by atoms with Crippen LogP contribution in [0.1, 0.15) is 47.0 Å². The topological polar surface area (TPSA) is 49.7 Å². The third-order valence-electron chi connectivity index (χ3n) is 5.86. The summed E-state index contributed by atoms with van der Waals surface area (Å²) in [6, 6.07) is 0. The van der Waals surface area contributed by atoms with Crippen molar-refractivity contribution in [2.24, 2.45) is 23.7 Å². The zero-order valence-electron chi connectivity index (χ0n) is 11.9. The second-order valence-electron chi connectivity index (χ2n) is 7.57. The van der Waals surface area contributed by atoms with Crippen molar-refractivity contribution in [3.63, 3.8) is 0 Å². The van der Waals surface area contributed by atoms with Gasteiger partial charge < -0.3 is 14.9 Å². The molecule has 3 aliphatic rings. The molecule has 3 rings (SSSR count). The van der Waals surface area contributed by atoms with Crippen LogP contribution in [0.3, 0.4) is 0 Å². The molecule has 1 saturated heterocycles. The van der Waals surface area contributed by atoms with Crippen LogP contribution in [0.2, 0.25) is 0 Å². The Morgan fingerprint density at radius 3 is 2.56 bits per heavy atom. The van der Waals surface area contributed by atoms with Crippen LogP contribution in [0.4, 0.5) is 0 Å². The largest absolute Gasteiger partial charge is 0.393 e. The molecule has 0 aromatic carbocycles. The molecule has 0 aromatic rings. The summed E-state index contributed by atoms with van der Waals surface area (Å²) >= 11 is 0. The molecule has 1 heterocycles. The van der Waals surface area contributed by atoms with Crippen LogP contribution in [0.25, 0.3) is 0 Å². The molecule has 2 N–H and O–H groups in total. The van der Waals surface area contributed by atoms with E-state index in [1.807, 2.05) is 6.92 Å². The van der Waals surface area contributed by atoms with Crippen molar-refractivity contribution < 1.29 is 14.9 Å². The molecule has 1 aliphatic heterocycles. The highest BCUT2D eigenvalue weighted by Gasteiger charge is 2.63. The molecule has 3 fully saturated rings. The first-order valence-electron chi connectivity index (χ1n) is 7.32. The maximum Gasteiger partial charge on any atom is 0.0676 e. The summed E-state index contributed by atoms with van der Waals surface area (Å²) in [7, 11) is 0. The van der Waals surface area contributed by atoms with Crippen LogP contribution < -0.4 is 0 Å². The van der Waals surface area contributed by atoms with Crippen LogP contribution in [-0.4, -0.2) is 33.6 Å². The first-order valence-corrected chi connectivity index (χ1v) is 7.32. The van der Waals surface area contributed by atoms with Gasteiger partial charge in [-0.2, -0.15) is 0 Å². The van der Waals surface area contributed by atoms with Crippen LogP contribution in [0, 0.1) is 23.7 Å². The highest BCUT2D eigenvalue weighted by molar-refractivity contribution is 5.11. The van der Waals surface area contributed by atoms with E-state index in [0.29, 0.717) is 17.8 Å². The van der Waals surface area contributed by atoms with Gasteiger partial charge in [0, 0.05) is 5.92 Å². The standard InChI is InChI=1S/C15H26O3/c1-8-7-10(16)12-11-9(5-6-15(12,4)17)14(2,3)18-13(8)11/h8-13,16-17H,5-7H2,1-4H3/t8-,9+,10-,11-,12+,13-,15+/m0/s1. The molecule has 18 heavy (non-hydrogen) atoms. The molecular formula is C15H26O3. The molecule has 2 saturated carbocycles. The van der Waals surface area contributed by atoms with Crippen LogP contribution >= 0.6 is 0 Å². The Morgan fingerprint density at radius 2 is 1.89 bits per heavy atom. The number of aliphatic hydroxyl groups is 2. The Labute approximate surface area is 110 Å². The predicted molar refractivity (Wildman–Crippen MR) is 69.1 cm³/mol. The zero-order chi connectivity index (χ0) is 13.3. The van der Waals surface area contributed by atoms with Crippen molar-refractivity contribution in [1.82, 2.24) is 0 Å². The molecule has 3 nitrogen and oxygen atoms in total. The molecule has 3 heteroatoms. The van der Waals surface area contributed by atoms with Crippen molar-refractivity contribution in [2.45, 2.75) is 70.4 Å². The van der Waals surface area contributed by atoms with Gasteiger partial charge in [-0.25, -0.2) is 0 Å². The molecule has 0 aromatic heterocycles. The number of hydrogen-bond acceptors (Lipinski definition) is 3. The van der Waals surface area contributed by atoms with E-state index in [0.717, 1.165) is 19.3 Å². The first kappa shape index (κ1) is 12.9. The lowest BCUT2D eigenvalue weighted by molar-refractivity contribution is -0.160. The van der Waals surface area contributed by atoms with Crippen molar-refractivity contribution in [3.05, 3.63) is 0 Å². The molecule has 104 valence electrons. The number of hydrogen-bond donors (Lipinski definition) is 2. The van der Waals surface area contributed by atoms with Crippen molar-refractivity contribution in [3.8, 4) is 0 Å². The Kier molecular flexibility index (Phi) is 2.66. The average Bonchev–Trinajstić information content (AvgIpc) is 2.47. The summed E-state index contributed by atoms with van der Waals surface area (Å²) in [4.78, 5) is 0. The number of ether oxygens (including phenoxy) is 1. The second-order valence-corrected chi connectivity index (χ2v) is 7.57. The van der Waals surface area contributed by atoms with Crippen molar-refractivity contribution in [1.29, 1.82) is 0 Å². The Hall–Kier alpha value is -0.120. The SMILES string of the molecule is C[C@H]1C[C@H](O)[C@@H]2[C@H]3[C@H]1OC(C)(C)[C@@H]3CC[C@@]2(C)O. The van der Waals surface area contributed by atoms with Gasteiger partial charge in [0.05, 0.1) is 23.4 Å². The average molecular weight is 254 g/mol. The lowest BCUT2D eigenvalue weighted by Crippen LogP contribution is -2.58. The number of aliphatic hydroxyl groups excluding tert-OH is 1. The minimum absolute atomic E-state index is 0.0146. The monoisotopic (exact) mass is 254 g/mol. The molecular weight excluding hydrogens is 228 g/mol. The van der Waals surface area contributed by atoms with E-state index in [9.17, 15) is 10.2 Å². The highest BCUT2D eigenvalue weighted by atomic mass is 16.5. The van der Waals surface area contributed by atoms with Gasteiger partial charge in [0.1, 0.15) is 0 Å². The summed E-state index contributed by atoms with van der Waals surface area (Å²) in [5.41, 5.74) is -0.842. The first-order chi connectivity index (χ1) is 8.24. The van der Waals surface area contributed by atoms with E-state index >= 15 is 0 Å². The van der Waals surface area contributed by atoms with Crippen LogP contribution in [0.5, 0.6) is 0 Å². The lowest BCUT2D eigenvalue weighted by Gasteiger charge is -2.52. The Balaban J connectivity index is 2.02. The van der Waals surface area contributed by atoms with Gasteiger partial charge in [-0.1, -0.05) is 6.92 Å². The molecule has 0 radical (unpaired) electrons. The minimum atomic E-state index is -0.733. The molecule has 7 atom stereocenters. The van der Waals surface area contributed by atoms with Gasteiger partial charge in [0.2, 0.25) is 0 Å². The van der Waals surface area contributed by atoms with E-state index in [1.54, 1.807) is 0 Å². The zero-order valence-corrected chi connectivity index (χ0v) is 11.9. The summed E-state index contributed by atoms with van der Waals surface area (Å²) in [6.07, 6.45) is 2.38. The molecule has 0 spiro atoms. The van der Waals surface area contributed by atoms with E-state index in [-0.39, 0.29) is 23.7 Å². The Bertz CT molecular complexity index is 350. The maximum absolute atomic E-state index is 10.6. The van der Waals surface area contributed by atoms with Gasteiger partial charge in [-0.15, -0.1) is 0 Å². The summed E-state index contributed by atoms with van der Waals surface area (Å²) < 4.78 is 6.30. The molecule has 0 amide bonds. The molecule has 0 bridgehead atoms. The summed E-state index contributed by atoms with van der Waals surface area (Å²) in [5, 5.41) is 21.1. The third kappa shape index (κ3) is 1.60. The van der Waals surface area contributed by atoms with Gasteiger partial charge in [-0.3, -0.25) is 0 Å². The van der Waals surface area contributed by atoms with Gasteiger partial charge in [0.25, 0.3) is 0 Å². The van der Waals surface area contributed by atoms with Crippen LogP contribution in [-0.2, 0) is 4.74 Å². The predicted octanol–water partition coefficient (Wildman–Crippen LogP) is 1.96. The van der Waals surface area contributed by atoms with Crippen molar-refractivity contribution in [2.75, 3.05) is 0 Å². The molecule has 0 unspecified atom stereocenters. The summed E-state index contributed by atoms with van der Waals surface area (Å²) in [6.45, 7) is 8.42. The van der Waals surface area contributed by atoms with Gasteiger partial charge >= 0.3 is 0 Å². The quantitative estimate of drug-likeness (QED) is 0.695. The van der Waals surface area contributed by atoms with Crippen LogP contribution in [0.15, 0.2) is 0 Å². The maximum atomic E-state index is 10.6. The molecule has 2 aliphatic carbocycles. The smallest absolute Gasteiger partial charge is 0.0676 e. The highest BCUT2D eigenvalue weighted by Crippen LogP contribution is 2.58. The fraction of sp³-hybridized carbons (Fsp3) is 1.00. The fourth-order valence-electron chi connectivity index (χ4n) is 5.06. The second kappa shape index (κ2) is 3.71. The fourth-order valence-corrected chi connectivity index (χ4v) is 5.06. The van der Waals surface area contributed by atoms with Gasteiger partial charge in [-0.05, 0) is 57.8 Å². The minimum Gasteiger partial charge on any atom is -0.393 e. The number of rotatable bonds is 0. The van der Waals surface area contributed by atoms with E-state index in [1.165, 1.54) is 0 Å². The third-order valence-corrected chi connectivity index (χ3v) is 5.86.